The van der Waals surface area contributed by atoms with Crippen molar-refractivity contribution in [3.8, 4) is 0 Å². The zero-order valence-electron chi connectivity index (χ0n) is 7.57. The van der Waals surface area contributed by atoms with Gasteiger partial charge in [-0.3, -0.25) is 4.99 Å². The Kier molecular flexibility index (Phi) is 2.84. The summed E-state index contributed by atoms with van der Waals surface area (Å²) in [5.41, 5.74) is 0.781. The van der Waals surface area contributed by atoms with E-state index in [1.165, 1.54) is 13.2 Å². The third-order valence-electron chi connectivity index (χ3n) is 1.64. The molecule has 0 saturated heterocycles. The van der Waals surface area contributed by atoms with Crippen LogP contribution in [0, 0.1) is 0 Å². The molecule has 1 N–H and O–H groups in total. The number of carbonyl (C=O) groups is 1. The fourth-order valence-electron chi connectivity index (χ4n) is 0.977. The highest BCUT2D eigenvalue weighted by molar-refractivity contribution is 5.94. The second-order valence-corrected chi connectivity index (χ2v) is 2.70. The van der Waals surface area contributed by atoms with Gasteiger partial charge in [0.25, 0.3) is 0 Å². The summed E-state index contributed by atoms with van der Waals surface area (Å²) in [6.45, 7) is 1.78. The molecule has 1 aliphatic rings. The van der Waals surface area contributed by atoms with E-state index in [4.69, 9.17) is 9.84 Å². The van der Waals surface area contributed by atoms with Crippen LogP contribution in [0.25, 0.3) is 0 Å². The SMILES string of the molecule is COC1=CCC(C)=NC(C(=O)O)=C1. The van der Waals surface area contributed by atoms with Crippen molar-refractivity contribution >= 4 is 11.7 Å². The fourth-order valence-corrected chi connectivity index (χ4v) is 0.977. The molecule has 1 heterocycles. The van der Waals surface area contributed by atoms with E-state index in [9.17, 15) is 4.79 Å². The summed E-state index contributed by atoms with van der Waals surface area (Å²) >= 11 is 0. The number of aliphatic carboxylic acids is 1. The van der Waals surface area contributed by atoms with Crippen molar-refractivity contribution in [3.05, 3.63) is 23.6 Å². The van der Waals surface area contributed by atoms with Gasteiger partial charge in [-0.25, -0.2) is 4.79 Å². The molecule has 0 fully saturated rings. The Bertz CT molecular complexity index is 313. The topological polar surface area (TPSA) is 58.9 Å². The van der Waals surface area contributed by atoms with Gasteiger partial charge in [0.15, 0.2) is 5.70 Å². The molecule has 0 unspecified atom stereocenters. The second kappa shape index (κ2) is 3.89. The highest BCUT2D eigenvalue weighted by Gasteiger charge is 2.10. The molecule has 0 spiro atoms. The lowest BCUT2D eigenvalue weighted by atomic mass is 10.3. The van der Waals surface area contributed by atoms with Crippen molar-refractivity contribution in [2.75, 3.05) is 7.11 Å². The van der Waals surface area contributed by atoms with E-state index < -0.39 is 5.97 Å². The summed E-state index contributed by atoms with van der Waals surface area (Å²) < 4.78 is 4.95. The van der Waals surface area contributed by atoms with Crippen LogP contribution in [0.4, 0.5) is 0 Å². The molecule has 4 nitrogen and oxygen atoms in total. The number of aliphatic imine (C=N–C) groups is 1. The van der Waals surface area contributed by atoms with Gasteiger partial charge < -0.3 is 9.84 Å². The standard InChI is InChI=1S/C9H11NO3/c1-6-3-4-7(13-2)5-8(10-6)9(11)12/h4-5H,3H2,1-2H3,(H,11,12). The molecule has 0 aliphatic carbocycles. The molecule has 0 saturated carbocycles. The molecule has 1 aliphatic heterocycles. The van der Waals surface area contributed by atoms with Crippen LogP contribution in [0.5, 0.6) is 0 Å². The summed E-state index contributed by atoms with van der Waals surface area (Å²) in [4.78, 5) is 14.6. The van der Waals surface area contributed by atoms with Crippen LogP contribution in [0.15, 0.2) is 28.6 Å². The zero-order chi connectivity index (χ0) is 9.84. The smallest absolute Gasteiger partial charge is 0.354 e. The third-order valence-corrected chi connectivity index (χ3v) is 1.64. The molecular weight excluding hydrogens is 170 g/mol. The first-order valence-electron chi connectivity index (χ1n) is 3.87. The molecule has 0 atom stereocenters. The van der Waals surface area contributed by atoms with E-state index >= 15 is 0 Å². The van der Waals surface area contributed by atoms with Crippen molar-refractivity contribution in [1.82, 2.24) is 0 Å². The maximum atomic E-state index is 10.7. The Morgan fingerprint density at radius 2 is 2.38 bits per heavy atom. The molecule has 0 bridgehead atoms. The molecule has 0 radical (unpaired) electrons. The van der Waals surface area contributed by atoms with Crippen LogP contribution in [0.2, 0.25) is 0 Å². The average molecular weight is 181 g/mol. The molecule has 0 aromatic carbocycles. The quantitative estimate of drug-likeness (QED) is 0.699. The van der Waals surface area contributed by atoms with Gasteiger partial charge >= 0.3 is 5.97 Å². The molecular formula is C9H11NO3. The molecule has 70 valence electrons. The number of ether oxygens (including phenoxy) is 1. The number of rotatable bonds is 2. The minimum atomic E-state index is -1.04. The minimum Gasteiger partial charge on any atom is -0.497 e. The van der Waals surface area contributed by atoms with E-state index in [0.29, 0.717) is 12.2 Å². The fraction of sp³-hybridized carbons (Fsp3) is 0.333. The average Bonchev–Trinajstić information content (AvgIpc) is 2.27. The molecule has 0 amide bonds. The minimum absolute atomic E-state index is 0.0168. The number of methoxy groups -OCH3 is 1. The first kappa shape index (κ1) is 9.51. The maximum Gasteiger partial charge on any atom is 0.354 e. The van der Waals surface area contributed by atoms with Gasteiger partial charge in [0.2, 0.25) is 0 Å². The summed E-state index contributed by atoms with van der Waals surface area (Å²) in [5.74, 6) is -0.498. The lowest BCUT2D eigenvalue weighted by Crippen LogP contribution is -2.00. The number of allylic oxidation sites excluding steroid dienone is 2. The monoisotopic (exact) mass is 181 g/mol. The molecule has 0 aromatic rings. The van der Waals surface area contributed by atoms with Crippen LogP contribution in [0.1, 0.15) is 13.3 Å². The second-order valence-electron chi connectivity index (χ2n) is 2.70. The molecule has 4 heteroatoms. The number of carboxylic acids is 1. The maximum absolute atomic E-state index is 10.7. The van der Waals surface area contributed by atoms with Crippen molar-refractivity contribution in [1.29, 1.82) is 0 Å². The van der Waals surface area contributed by atoms with E-state index in [1.807, 2.05) is 0 Å². The normalized spacial score (nSPS) is 16.6. The lowest BCUT2D eigenvalue weighted by molar-refractivity contribution is -0.132. The number of carboxylic acid groups (broad SMARTS) is 1. The van der Waals surface area contributed by atoms with Crippen LogP contribution in [0.3, 0.4) is 0 Å². The Hall–Kier alpha value is -1.58. The summed E-state index contributed by atoms with van der Waals surface area (Å²) in [6.07, 6.45) is 3.84. The van der Waals surface area contributed by atoms with Gasteiger partial charge in [-0.05, 0) is 13.0 Å². The molecule has 1 rings (SSSR count). The van der Waals surface area contributed by atoms with Gasteiger partial charge in [-0.15, -0.1) is 0 Å². The first-order valence-corrected chi connectivity index (χ1v) is 3.87. The van der Waals surface area contributed by atoms with Crippen molar-refractivity contribution in [3.63, 3.8) is 0 Å². The van der Waals surface area contributed by atoms with Gasteiger partial charge in [0.05, 0.1) is 7.11 Å². The Morgan fingerprint density at radius 3 is 2.92 bits per heavy atom. The van der Waals surface area contributed by atoms with Crippen molar-refractivity contribution in [2.24, 2.45) is 4.99 Å². The van der Waals surface area contributed by atoms with Crippen molar-refractivity contribution < 1.29 is 14.6 Å². The Labute approximate surface area is 76.2 Å². The van der Waals surface area contributed by atoms with Crippen molar-refractivity contribution in [2.45, 2.75) is 13.3 Å². The highest BCUT2D eigenvalue weighted by Crippen LogP contribution is 2.12. The van der Waals surface area contributed by atoms with Gasteiger partial charge in [-0.2, -0.15) is 0 Å². The first-order chi connectivity index (χ1) is 6.13. The van der Waals surface area contributed by atoms with Crippen LogP contribution < -0.4 is 0 Å². The number of nitrogens with zero attached hydrogens (tertiary/aromatic N) is 1. The van der Waals surface area contributed by atoms with Crippen LogP contribution >= 0.6 is 0 Å². The van der Waals surface area contributed by atoms with Gasteiger partial charge in [-0.1, -0.05) is 0 Å². The highest BCUT2D eigenvalue weighted by atomic mass is 16.5. The van der Waals surface area contributed by atoms with E-state index in [2.05, 4.69) is 4.99 Å². The largest absolute Gasteiger partial charge is 0.497 e. The van der Waals surface area contributed by atoms with E-state index in [1.54, 1.807) is 13.0 Å². The third kappa shape index (κ3) is 2.43. The summed E-state index contributed by atoms with van der Waals surface area (Å²) in [5, 5.41) is 8.74. The Balaban J connectivity index is 3.02. The number of hydrogen-bond acceptors (Lipinski definition) is 3. The van der Waals surface area contributed by atoms with Gasteiger partial charge in [0, 0.05) is 18.2 Å². The lowest BCUT2D eigenvalue weighted by Gasteiger charge is -1.97. The zero-order valence-corrected chi connectivity index (χ0v) is 7.57. The van der Waals surface area contributed by atoms with Gasteiger partial charge in [0.1, 0.15) is 5.76 Å². The predicted octanol–water partition coefficient (Wildman–Crippen LogP) is 1.35. The van der Waals surface area contributed by atoms with Crippen LogP contribution in [-0.4, -0.2) is 23.9 Å². The Morgan fingerprint density at radius 1 is 1.69 bits per heavy atom. The van der Waals surface area contributed by atoms with E-state index in [-0.39, 0.29) is 5.70 Å². The molecule has 0 aromatic heterocycles. The summed E-state index contributed by atoms with van der Waals surface area (Å²) in [7, 11) is 1.50. The van der Waals surface area contributed by atoms with Crippen LogP contribution in [-0.2, 0) is 9.53 Å². The summed E-state index contributed by atoms with van der Waals surface area (Å²) in [6, 6.07) is 0. The number of hydrogen-bond donors (Lipinski definition) is 1. The van der Waals surface area contributed by atoms with E-state index in [0.717, 1.165) is 5.71 Å². The predicted molar refractivity (Wildman–Crippen MR) is 48.5 cm³/mol. The molecule has 13 heavy (non-hydrogen) atoms.